The smallest absolute Gasteiger partial charge is 0.220 e. The van der Waals surface area contributed by atoms with Crippen LogP contribution >= 0.6 is 0 Å². The molecule has 1 aromatic carbocycles. The van der Waals surface area contributed by atoms with Crippen LogP contribution in [0.4, 0.5) is 0 Å². The van der Waals surface area contributed by atoms with Gasteiger partial charge in [0.05, 0.1) is 6.61 Å². The van der Waals surface area contributed by atoms with Gasteiger partial charge in [0.2, 0.25) is 5.91 Å². The molecular formula is C15H20N2O2. The van der Waals surface area contributed by atoms with Gasteiger partial charge in [0, 0.05) is 37.1 Å². The molecule has 0 aliphatic heterocycles. The lowest BCUT2D eigenvalue weighted by atomic mass is 10.0. The number of carbonyl (C=O) groups excluding carboxylic acids is 1. The zero-order chi connectivity index (χ0) is 13.8. The summed E-state index contributed by atoms with van der Waals surface area (Å²) in [5.74, 6) is -0.0142. The van der Waals surface area contributed by atoms with Crippen molar-refractivity contribution in [1.82, 2.24) is 9.88 Å². The van der Waals surface area contributed by atoms with Crippen LogP contribution in [0, 0.1) is 6.92 Å². The molecular weight excluding hydrogens is 240 g/mol. The highest BCUT2D eigenvalue weighted by atomic mass is 16.3. The number of nitrogens with zero attached hydrogens (tertiary/aromatic N) is 1. The van der Waals surface area contributed by atoms with Crippen LogP contribution in [-0.4, -0.2) is 28.7 Å². The molecule has 4 nitrogen and oxygen atoms in total. The average Bonchev–Trinajstić information content (AvgIpc) is 2.72. The highest BCUT2D eigenvalue weighted by Crippen LogP contribution is 2.25. The maximum Gasteiger partial charge on any atom is 0.220 e. The number of nitrogens with one attached hydrogen (secondary N) is 1. The van der Waals surface area contributed by atoms with Gasteiger partial charge in [-0.25, -0.2) is 0 Å². The summed E-state index contributed by atoms with van der Waals surface area (Å²) in [6, 6.07) is 6.24. The Morgan fingerprint density at radius 1 is 1.42 bits per heavy atom. The number of rotatable bonds is 5. The first-order valence-corrected chi connectivity index (χ1v) is 6.54. The van der Waals surface area contributed by atoms with E-state index in [1.54, 1.807) is 0 Å². The number of aliphatic hydroxyl groups excluding tert-OH is 1. The number of carbonyl (C=O) groups is 1. The molecule has 0 unspecified atom stereocenters. The Hall–Kier alpha value is -1.81. The van der Waals surface area contributed by atoms with Crippen molar-refractivity contribution in [3.63, 3.8) is 0 Å². The van der Waals surface area contributed by atoms with Crippen molar-refractivity contribution in [2.24, 2.45) is 7.05 Å². The van der Waals surface area contributed by atoms with Crippen LogP contribution in [0.25, 0.3) is 10.9 Å². The number of aromatic nitrogens is 1. The fraction of sp³-hybridized carbons (Fsp3) is 0.400. The van der Waals surface area contributed by atoms with Crippen LogP contribution in [0.2, 0.25) is 0 Å². The Morgan fingerprint density at radius 2 is 2.21 bits per heavy atom. The highest BCUT2D eigenvalue weighted by molar-refractivity contribution is 5.87. The van der Waals surface area contributed by atoms with E-state index in [0.29, 0.717) is 13.0 Å². The normalized spacial score (nSPS) is 10.9. The third kappa shape index (κ3) is 2.96. The van der Waals surface area contributed by atoms with Gasteiger partial charge in [-0.15, -0.1) is 0 Å². The van der Waals surface area contributed by atoms with Crippen LogP contribution in [0.15, 0.2) is 24.4 Å². The second-order valence-corrected chi connectivity index (χ2v) is 4.81. The molecule has 0 radical (unpaired) electrons. The lowest BCUT2D eigenvalue weighted by molar-refractivity contribution is -0.121. The van der Waals surface area contributed by atoms with Crippen LogP contribution in [0.1, 0.15) is 17.5 Å². The molecule has 0 spiro atoms. The molecule has 1 heterocycles. The number of hydrogen-bond donors (Lipinski definition) is 2. The van der Waals surface area contributed by atoms with E-state index in [1.807, 2.05) is 7.05 Å². The number of amides is 1. The first-order chi connectivity index (χ1) is 9.13. The Kier molecular flexibility index (Phi) is 4.22. The predicted octanol–water partition coefficient (Wildman–Crippen LogP) is 1.53. The van der Waals surface area contributed by atoms with E-state index in [1.165, 1.54) is 22.0 Å². The lowest BCUT2D eigenvalue weighted by Crippen LogP contribution is -2.26. The number of benzene rings is 1. The van der Waals surface area contributed by atoms with Gasteiger partial charge >= 0.3 is 0 Å². The van der Waals surface area contributed by atoms with Crippen LogP contribution in [0.5, 0.6) is 0 Å². The summed E-state index contributed by atoms with van der Waals surface area (Å²) in [6.07, 6.45) is 3.27. The largest absolute Gasteiger partial charge is 0.395 e. The zero-order valence-electron chi connectivity index (χ0n) is 11.4. The molecule has 0 bridgehead atoms. The topological polar surface area (TPSA) is 54.3 Å². The van der Waals surface area contributed by atoms with Crippen LogP contribution < -0.4 is 5.32 Å². The summed E-state index contributed by atoms with van der Waals surface area (Å²) in [4.78, 5) is 11.6. The molecule has 19 heavy (non-hydrogen) atoms. The molecule has 2 aromatic rings. The van der Waals surface area contributed by atoms with Crippen LogP contribution in [0.3, 0.4) is 0 Å². The third-order valence-corrected chi connectivity index (χ3v) is 3.36. The Balaban J connectivity index is 2.15. The Bertz CT molecular complexity index is 587. The number of hydrogen-bond acceptors (Lipinski definition) is 2. The quantitative estimate of drug-likeness (QED) is 0.856. The van der Waals surface area contributed by atoms with Gasteiger partial charge in [0.1, 0.15) is 0 Å². The van der Waals surface area contributed by atoms with Gasteiger partial charge in [-0.2, -0.15) is 0 Å². The predicted molar refractivity (Wildman–Crippen MR) is 76.1 cm³/mol. The summed E-state index contributed by atoms with van der Waals surface area (Å²) >= 11 is 0. The first-order valence-electron chi connectivity index (χ1n) is 6.54. The maximum atomic E-state index is 11.6. The Labute approximate surface area is 113 Å². The van der Waals surface area contributed by atoms with Crippen molar-refractivity contribution >= 4 is 16.8 Å². The van der Waals surface area contributed by atoms with Gasteiger partial charge in [-0.05, 0) is 30.5 Å². The molecule has 4 heteroatoms. The summed E-state index contributed by atoms with van der Waals surface area (Å²) in [7, 11) is 2.02. The van der Waals surface area contributed by atoms with Crippen molar-refractivity contribution in [3.05, 3.63) is 35.5 Å². The van der Waals surface area contributed by atoms with Gasteiger partial charge < -0.3 is 15.0 Å². The summed E-state index contributed by atoms with van der Waals surface area (Å²) < 4.78 is 2.10. The minimum Gasteiger partial charge on any atom is -0.395 e. The van der Waals surface area contributed by atoms with E-state index in [9.17, 15) is 4.79 Å². The van der Waals surface area contributed by atoms with Crippen molar-refractivity contribution in [2.45, 2.75) is 19.8 Å². The number of aliphatic hydroxyl groups is 1. The van der Waals surface area contributed by atoms with Gasteiger partial charge in [0.15, 0.2) is 0 Å². The molecule has 0 fully saturated rings. The minimum absolute atomic E-state index is 0.0142. The van der Waals surface area contributed by atoms with E-state index in [-0.39, 0.29) is 12.5 Å². The first kappa shape index (κ1) is 13.6. The van der Waals surface area contributed by atoms with Crippen LogP contribution in [-0.2, 0) is 18.3 Å². The molecule has 2 rings (SSSR count). The van der Waals surface area contributed by atoms with Gasteiger partial charge in [-0.3, -0.25) is 4.79 Å². The molecule has 0 saturated heterocycles. The number of fused-ring (bicyclic) bond motifs is 1. The molecule has 1 amide bonds. The van der Waals surface area contributed by atoms with E-state index in [2.05, 4.69) is 41.2 Å². The highest BCUT2D eigenvalue weighted by Gasteiger charge is 2.10. The van der Waals surface area contributed by atoms with Crippen molar-refractivity contribution in [2.75, 3.05) is 13.2 Å². The monoisotopic (exact) mass is 260 g/mol. The number of aryl methyl sites for hydroxylation is 3. The fourth-order valence-electron chi connectivity index (χ4n) is 2.45. The standard InChI is InChI=1S/C15H20N2O2/c1-11-4-3-5-13-15(11)12(10-17(13)2)6-7-14(19)16-8-9-18/h3-5,10,18H,6-9H2,1-2H3,(H,16,19). The minimum atomic E-state index is -0.0148. The second-order valence-electron chi connectivity index (χ2n) is 4.81. The van der Waals surface area contributed by atoms with E-state index < -0.39 is 0 Å². The SMILES string of the molecule is Cc1cccc2c1c(CCC(=O)NCCO)cn2C. The van der Waals surface area contributed by atoms with Gasteiger partial charge in [-0.1, -0.05) is 12.1 Å². The maximum absolute atomic E-state index is 11.6. The van der Waals surface area contributed by atoms with Crippen molar-refractivity contribution in [1.29, 1.82) is 0 Å². The third-order valence-electron chi connectivity index (χ3n) is 3.36. The molecule has 2 N–H and O–H groups in total. The second kappa shape index (κ2) is 5.89. The summed E-state index contributed by atoms with van der Waals surface area (Å²) in [5, 5.41) is 12.6. The fourth-order valence-corrected chi connectivity index (χ4v) is 2.45. The van der Waals surface area contributed by atoms with E-state index in [0.717, 1.165) is 6.42 Å². The zero-order valence-corrected chi connectivity index (χ0v) is 11.4. The summed E-state index contributed by atoms with van der Waals surface area (Å²) in [6.45, 7) is 2.41. The van der Waals surface area contributed by atoms with E-state index >= 15 is 0 Å². The van der Waals surface area contributed by atoms with Crippen molar-refractivity contribution in [3.8, 4) is 0 Å². The molecule has 102 valence electrons. The van der Waals surface area contributed by atoms with Crippen molar-refractivity contribution < 1.29 is 9.90 Å². The van der Waals surface area contributed by atoms with E-state index in [4.69, 9.17) is 5.11 Å². The summed E-state index contributed by atoms with van der Waals surface area (Å²) in [5.41, 5.74) is 3.64. The Morgan fingerprint density at radius 3 is 2.95 bits per heavy atom. The molecule has 0 atom stereocenters. The lowest BCUT2D eigenvalue weighted by Gasteiger charge is -2.03. The molecule has 0 aliphatic carbocycles. The molecule has 0 saturated carbocycles. The molecule has 1 aromatic heterocycles. The van der Waals surface area contributed by atoms with Gasteiger partial charge in [0.25, 0.3) is 0 Å². The molecule has 0 aliphatic rings. The average molecular weight is 260 g/mol.